The maximum Gasteiger partial charge on any atom is 0.249 e. The van der Waals surface area contributed by atoms with E-state index in [1.165, 1.54) is 6.08 Å². The Labute approximate surface area is 179 Å². The Morgan fingerprint density at radius 3 is 1.97 bits per heavy atom. The van der Waals surface area contributed by atoms with Crippen LogP contribution in [-0.2, 0) is 15.7 Å². The highest BCUT2D eigenvalue weighted by Crippen LogP contribution is 2.38. The predicted molar refractivity (Wildman–Crippen MR) is 120 cm³/mol. The maximum absolute atomic E-state index is 12.6. The minimum atomic E-state index is -0.271. The van der Waals surface area contributed by atoms with E-state index in [1.54, 1.807) is 39.5 Å². The molecule has 164 valence electrons. The molecule has 0 radical (unpaired) electrons. The first-order valence-corrected chi connectivity index (χ1v) is 9.80. The summed E-state index contributed by atoms with van der Waals surface area (Å²) in [6.45, 7) is 12.4. The van der Waals surface area contributed by atoms with Crippen molar-refractivity contribution in [2.75, 3.05) is 26.6 Å². The van der Waals surface area contributed by atoms with Crippen LogP contribution in [0, 0.1) is 0 Å². The van der Waals surface area contributed by atoms with E-state index in [-0.39, 0.29) is 16.9 Å². The molecule has 0 bridgehead atoms. The second kappa shape index (κ2) is 8.81. The Hall–Kier alpha value is -2.96. The fourth-order valence-corrected chi connectivity index (χ4v) is 2.89. The third-order valence-corrected chi connectivity index (χ3v) is 4.48. The molecule has 0 atom stereocenters. The number of nitrogens with one attached hydrogen (secondary N) is 1. The molecule has 1 N–H and O–H groups in total. The third-order valence-electron chi connectivity index (χ3n) is 4.48. The highest BCUT2D eigenvalue weighted by atomic mass is 16.5. The van der Waals surface area contributed by atoms with Crippen LogP contribution >= 0.6 is 0 Å². The van der Waals surface area contributed by atoms with E-state index in [0.717, 1.165) is 11.3 Å². The number of benzene rings is 1. The van der Waals surface area contributed by atoms with Crippen molar-refractivity contribution in [2.45, 2.75) is 52.5 Å². The lowest BCUT2D eigenvalue weighted by Gasteiger charge is -2.22. The minimum absolute atomic E-state index is 0.123. The maximum atomic E-state index is 12.6. The van der Waals surface area contributed by atoms with Crippen molar-refractivity contribution in [1.82, 2.24) is 9.78 Å². The van der Waals surface area contributed by atoms with Gasteiger partial charge in [-0.25, -0.2) is 4.68 Å². The molecule has 0 unspecified atom stereocenters. The fourth-order valence-electron chi connectivity index (χ4n) is 2.89. The van der Waals surface area contributed by atoms with Crippen molar-refractivity contribution in [3.63, 3.8) is 0 Å². The molecule has 30 heavy (non-hydrogen) atoms. The average molecular weight is 416 g/mol. The Kier molecular flexibility index (Phi) is 6.85. The first-order valence-electron chi connectivity index (χ1n) is 9.80. The summed E-state index contributed by atoms with van der Waals surface area (Å²) in [5.41, 5.74) is 1.27. The lowest BCUT2D eigenvalue weighted by molar-refractivity contribution is -0.111. The van der Waals surface area contributed by atoms with Gasteiger partial charge in [0.2, 0.25) is 11.7 Å². The van der Waals surface area contributed by atoms with Crippen LogP contribution in [0.2, 0.25) is 0 Å². The number of carbonyl (C=O) groups is 1. The molecule has 0 aliphatic rings. The number of aromatic nitrogens is 2. The molecule has 1 amide bonds. The van der Waals surface area contributed by atoms with Crippen molar-refractivity contribution in [1.29, 1.82) is 0 Å². The van der Waals surface area contributed by atoms with Gasteiger partial charge in [-0.3, -0.25) is 4.79 Å². The first kappa shape index (κ1) is 23.3. The summed E-state index contributed by atoms with van der Waals surface area (Å²) in [4.78, 5) is 12.6. The largest absolute Gasteiger partial charge is 0.493 e. The van der Waals surface area contributed by atoms with Gasteiger partial charge in [-0.05, 0) is 44.5 Å². The molecule has 1 aromatic carbocycles. The smallest absolute Gasteiger partial charge is 0.249 e. The number of nitrogens with zero attached hydrogens (tertiary/aromatic N) is 2. The van der Waals surface area contributed by atoms with Crippen molar-refractivity contribution < 1.29 is 19.0 Å². The van der Waals surface area contributed by atoms with E-state index in [0.29, 0.717) is 23.1 Å². The monoisotopic (exact) mass is 415 g/mol. The fraction of sp³-hybridized carbons (Fsp3) is 0.478. The summed E-state index contributed by atoms with van der Waals surface area (Å²) in [7, 11) is 4.66. The zero-order chi connectivity index (χ0) is 22.7. The van der Waals surface area contributed by atoms with Gasteiger partial charge < -0.3 is 19.5 Å². The molecule has 1 heterocycles. The third kappa shape index (κ3) is 5.34. The molecule has 0 saturated carbocycles. The summed E-state index contributed by atoms with van der Waals surface area (Å²) in [6.07, 6.45) is 3.17. The second-order valence-electron chi connectivity index (χ2n) is 9.03. The number of hydrogen-bond acceptors (Lipinski definition) is 5. The van der Waals surface area contributed by atoms with Gasteiger partial charge in [-0.15, -0.1) is 0 Å². The SMILES string of the molecule is COc1cc(/C=C/C(=O)Nc2cc(C(C)(C)C)nn2C(C)(C)C)cc(OC)c1OC. The summed E-state index contributed by atoms with van der Waals surface area (Å²) >= 11 is 0. The summed E-state index contributed by atoms with van der Waals surface area (Å²) < 4.78 is 17.9. The second-order valence-corrected chi connectivity index (χ2v) is 9.03. The molecule has 0 spiro atoms. The van der Waals surface area contributed by atoms with Crippen molar-refractivity contribution in [2.24, 2.45) is 0 Å². The van der Waals surface area contributed by atoms with E-state index in [9.17, 15) is 4.79 Å². The number of ether oxygens (including phenoxy) is 3. The summed E-state index contributed by atoms with van der Waals surface area (Å²) in [5.74, 6) is 1.96. The molecule has 1 aromatic heterocycles. The van der Waals surface area contributed by atoms with Crippen LogP contribution in [0.1, 0.15) is 52.8 Å². The quantitative estimate of drug-likeness (QED) is 0.697. The number of rotatable bonds is 6. The Morgan fingerprint density at radius 1 is 0.967 bits per heavy atom. The summed E-state index contributed by atoms with van der Waals surface area (Å²) in [6, 6.07) is 5.49. The van der Waals surface area contributed by atoms with Crippen molar-refractivity contribution in [3.05, 3.63) is 35.5 Å². The molecule has 7 heteroatoms. The Morgan fingerprint density at radius 2 is 1.53 bits per heavy atom. The number of anilines is 1. The van der Waals surface area contributed by atoms with Crippen LogP contribution in [-0.4, -0.2) is 37.0 Å². The number of carbonyl (C=O) groups excluding carboxylic acids is 1. The van der Waals surface area contributed by atoms with Crippen LogP contribution in [0.5, 0.6) is 17.2 Å². The molecule has 2 aromatic rings. The molecule has 0 aliphatic heterocycles. The summed E-state index contributed by atoms with van der Waals surface area (Å²) in [5, 5.41) is 7.67. The molecule has 0 aliphatic carbocycles. The van der Waals surface area contributed by atoms with E-state index in [1.807, 2.05) is 31.5 Å². The molecule has 0 saturated heterocycles. The molecule has 0 fully saturated rings. The molecular formula is C23H33N3O4. The zero-order valence-corrected chi connectivity index (χ0v) is 19.4. The predicted octanol–water partition coefficient (Wildman–Crippen LogP) is 4.61. The average Bonchev–Trinajstić information content (AvgIpc) is 3.10. The van der Waals surface area contributed by atoms with Gasteiger partial charge in [0.15, 0.2) is 11.5 Å². The Balaban J connectivity index is 2.30. The van der Waals surface area contributed by atoms with E-state index < -0.39 is 0 Å². The molecular weight excluding hydrogens is 382 g/mol. The van der Waals surface area contributed by atoms with Gasteiger partial charge in [0.05, 0.1) is 32.6 Å². The van der Waals surface area contributed by atoms with Crippen LogP contribution < -0.4 is 19.5 Å². The van der Waals surface area contributed by atoms with Gasteiger partial charge in [0.1, 0.15) is 5.82 Å². The minimum Gasteiger partial charge on any atom is -0.493 e. The molecule has 7 nitrogen and oxygen atoms in total. The van der Waals surface area contributed by atoms with Crippen molar-refractivity contribution >= 4 is 17.8 Å². The first-order chi connectivity index (χ1) is 13.9. The van der Waals surface area contributed by atoms with Gasteiger partial charge in [0.25, 0.3) is 0 Å². The molecule has 2 rings (SSSR count). The number of hydrogen-bond donors (Lipinski definition) is 1. The van der Waals surface area contributed by atoms with Gasteiger partial charge in [-0.1, -0.05) is 20.8 Å². The van der Waals surface area contributed by atoms with Gasteiger partial charge in [-0.2, -0.15) is 5.10 Å². The Bertz CT molecular complexity index is 906. The number of methoxy groups -OCH3 is 3. The van der Waals surface area contributed by atoms with Crippen LogP contribution in [0.15, 0.2) is 24.3 Å². The van der Waals surface area contributed by atoms with Crippen LogP contribution in [0.3, 0.4) is 0 Å². The lowest BCUT2D eigenvalue weighted by Crippen LogP contribution is -2.27. The van der Waals surface area contributed by atoms with Crippen molar-refractivity contribution in [3.8, 4) is 17.2 Å². The zero-order valence-electron chi connectivity index (χ0n) is 19.4. The van der Waals surface area contributed by atoms with Gasteiger partial charge in [0, 0.05) is 17.6 Å². The lowest BCUT2D eigenvalue weighted by atomic mass is 9.92. The van der Waals surface area contributed by atoms with Gasteiger partial charge >= 0.3 is 0 Å². The van der Waals surface area contributed by atoms with E-state index in [2.05, 4.69) is 26.1 Å². The standard InChI is InChI=1S/C23H33N3O4/c1-22(2,3)18-14-19(26(25-18)23(4,5)6)24-20(27)11-10-15-12-16(28-7)21(30-9)17(13-15)29-8/h10-14H,1-9H3,(H,24,27)/b11-10+. The number of amides is 1. The topological polar surface area (TPSA) is 74.6 Å². The normalized spacial score (nSPS) is 12.2. The van der Waals surface area contributed by atoms with E-state index >= 15 is 0 Å². The van der Waals surface area contributed by atoms with Crippen LogP contribution in [0.4, 0.5) is 5.82 Å². The highest BCUT2D eigenvalue weighted by molar-refractivity contribution is 6.01. The van der Waals surface area contributed by atoms with Crippen LogP contribution in [0.25, 0.3) is 6.08 Å². The van der Waals surface area contributed by atoms with E-state index in [4.69, 9.17) is 19.3 Å². The highest BCUT2D eigenvalue weighted by Gasteiger charge is 2.25.